The predicted molar refractivity (Wildman–Crippen MR) is 67.7 cm³/mol. The minimum atomic E-state index is -0.896. The van der Waals surface area contributed by atoms with Crippen LogP contribution in [0.25, 0.3) is 0 Å². The van der Waals surface area contributed by atoms with Gasteiger partial charge in [0.25, 0.3) is 0 Å². The van der Waals surface area contributed by atoms with E-state index >= 15 is 0 Å². The smallest absolute Gasteiger partial charge is 0.326 e. The van der Waals surface area contributed by atoms with Crippen molar-refractivity contribution in [3.05, 3.63) is 12.4 Å². The van der Waals surface area contributed by atoms with Crippen LogP contribution in [0.15, 0.2) is 12.4 Å². The lowest BCUT2D eigenvalue weighted by molar-refractivity contribution is -0.138. The molecule has 18 heavy (non-hydrogen) atoms. The van der Waals surface area contributed by atoms with Crippen molar-refractivity contribution < 1.29 is 14.6 Å². The highest BCUT2D eigenvalue weighted by Crippen LogP contribution is 2.13. The second-order valence-electron chi connectivity index (χ2n) is 4.34. The maximum absolute atomic E-state index is 11.1. The molecule has 0 aliphatic carbocycles. The van der Waals surface area contributed by atoms with E-state index in [4.69, 9.17) is 9.84 Å². The highest BCUT2D eigenvalue weighted by atomic mass is 16.5. The molecule has 0 aliphatic heterocycles. The molecule has 0 saturated carbocycles. The number of aromatic nitrogens is 2. The molecule has 1 atom stereocenters. The number of ether oxygens (including phenoxy) is 1. The van der Waals surface area contributed by atoms with Crippen molar-refractivity contribution >= 4 is 11.8 Å². The number of rotatable bonds is 7. The van der Waals surface area contributed by atoms with Crippen LogP contribution in [0.4, 0.5) is 5.82 Å². The average molecular weight is 253 g/mol. The number of aliphatic carboxylic acids is 1. The third-order valence-electron chi connectivity index (χ3n) is 2.23. The lowest BCUT2D eigenvalue weighted by atomic mass is 10.0. The Labute approximate surface area is 106 Å². The molecule has 1 aromatic rings. The molecule has 0 saturated heterocycles. The lowest BCUT2D eigenvalue weighted by Crippen LogP contribution is -2.31. The molecule has 6 heteroatoms. The Morgan fingerprint density at radius 3 is 2.78 bits per heavy atom. The molecular formula is C12H19N3O3. The summed E-state index contributed by atoms with van der Waals surface area (Å²) in [4.78, 5) is 19.2. The second-order valence-corrected chi connectivity index (χ2v) is 4.34. The molecule has 0 bridgehead atoms. The van der Waals surface area contributed by atoms with Gasteiger partial charge in [0.05, 0.1) is 19.0 Å². The molecule has 100 valence electrons. The Bertz CT molecular complexity index is 396. The summed E-state index contributed by atoms with van der Waals surface area (Å²) in [5.41, 5.74) is 0. The molecule has 1 heterocycles. The average Bonchev–Trinajstić information content (AvgIpc) is 2.28. The summed E-state index contributed by atoms with van der Waals surface area (Å²) in [7, 11) is 0. The molecular weight excluding hydrogens is 234 g/mol. The van der Waals surface area contributed by atoms with Gasteiger partial charge in [-0.1, -0.05) is 13.8 Å². The first kappa shape index (κ1) is 14.2. The lowest BCUT2D eigenvalue weighted by Gasteiger charge is -2.16. The standard InChI is InChI=1S/C12H19N3O3/c1-4-18-11-7-13-6-10(15-11)14-9(12(16)17)5-8(2)3/h6-9H,4-5H2,1-3H3,(H,14,15)(H,16,17)/t9-/m0/s1. The number of anilines is 1. The summed E-state index contributed by atoms with van der Waals surface area (Å²) < 4.78 is 5.21. The Kier molecular flexibility index (Phi) is 5.35. The fraction of sp³-hybridized carbons (Fsp3) is 0.583. The first-order valence-corrected chi connectivity index (χ1v) is 5.97. The molecule has 0 aromatic carbocycles. The van der Waals surface area contributed by atoms with E-state index in [1.54, 1.807) is 0 Å². The summed E-state index contributed by atoms with van der Waals surface area (Å²) in [6.45, 7) is 6.28. The SMILES string of the molecule is CCOc1cncc(N[C@@H](CC(C)C)C(=O)O)n1. The van der Waals surface area contributed by atoms with Gasteiger partial charge >= 0.3 is 5.97 Å². The van der Waals surface area contributed by atoms with E-state index in [1.807, 2.05) is 20.8 Å². The quantitative estimate of drug-likeness (QED) is 0.770. The number of carbonyl (C=O) groups is 1. The zero-order valence-electron chi connectivity index (χ0n) is 10.9. The van der Waals surface area contributed by atoms with Gasteiger partial charge in [-0.05, 0) is 19.3 Å². The first-order valence-electron chi connectivity index (χ1n) is 5.97. The van der Waals surface area contributed by atoms with Gasteiger partial charge in [-0.2, -0.15) is 4.98 Å². The van der Waals surface area contributed by atoms with E-state index < -0.39 is 12.0 Å². The highest BCUT2D eigenvalue weighted by molar-refractivity contribution is 5.76. The van der Waals surface area contributed by atoms with Crippen molar-refractivity contribution in [1.29, 1.82) is 0 Å². The van der Waals surface area contributed by atoms with Crippen LogP contribution in [0.2, 0.25) is 0 Å². The summed E-state index contributed by atoms with van der Waals surface area (Å²) in [6.07, 6.45) is 3.50. The van der Waals surface area contributed by atoms with Gasteiger partial charge in [-0.3, -0.25) is 4.98 Å². The summed E-state index contributed by atoms with van der Waals surface area (Å²) in [5.74, 6) is 0.180. The molecule has 0 radical (unpaired) electrons. The molecule has 1 rings (SSSR count). The Morgan fingerprint density at radius 1 is 1.50 bits per heavy atom. The molecule has 1 aromatic heterocycles. The van der Waals surface area contributed by atoms with E-state index in [-0.39, 0.29) is 5.92 Å². The maximum atomic E-state index is 11.1. The van der Waals surface area contributed by atoms with E-state index in [2.05, 4.69) is 15.3 Å². The predicted octanol–water partition coefficient (Wildman–Crippen LogP) is 1.79. The number of nitrogens with one attached hydrogen (secondary N) is 1. The monoisotopic (exact) mass is 253 g/mol. The normalized spacial score (nSPS) is 12.2. The first-order chi connectivity index (χ1) is 8.52. The summed E-state index contributed by atoms with van der Waals surface area (Å²) in [6, 6.07) is -0.670. The maximum Gasteiger partial charge on any atom is 0.326 e. The number of hydrogen-bond acceptors (Lipinski definition) is 5. The molecule has 0 aliphatic rings. The summed E-state index contributed by atoms with van der Waals surface area (Å²) in [5, 5.41) is 12.0. The zero-order valence-corrected chi connectivity index (χ0v) is 10.9. The van der Waals surface area contributed by atoms with Crippen molar-refractivity contribution in [2.75, 3.05) is 11.9 Å². The van der Waals surface area contributed by atoms with Crippen molar-refractivity contribution in [3.63, 3.8) is 0 Å². The fourth-order valence-electron chi connectivity index (χ4n) is 1.51. The van der Waals surface area contributed by atoms with Gasteiger partial charge in [-0.25, -0.2) is 4.79 Å². The largest absolute Gasteiger partial charge is 0.480 e. The van der Waals surface area contributed by atoms with E-state index in [0.717, 1.165) is 0 Å². The third-order valence-corrected chi connectivity index (χ3v) is 2.23. The Morgan fingerprint density at radius 2 is 2.22 bits per heavy atom. The van der Waals surface area contributed by atoms with Crippen LogP contribution >= 0.6 is 0 Å². The van der Waals surface area contributed by atoms with Crippen LogP contribution in [0, 0.1) is 5.92 Å². The minimum Gasteiger partial charge on any atom is -0.480 e. The van der Waals surface area contributed by atoms with Crippen molar-refractivity contribution in [2.45, 2.75) is 33.2 Å². The number of hydrogen-bond donors (Lipinski definition) is 2. The fourth-order valence-corrected chi connectivity index (χ4v) is 1.51. The highest BCUT2D eigenvalue weighted by Gasteiger charge is 2.19. The number of carboxylic acid groups (broad SMARTS) is 1. The van der Waals surface area contributed by atoms with Gasteiger partial charge in [0.2, 0.25) is 5.88 Å². The van der Waals surface area contributed by atoms with Crippen LogP contribution in [0.5, 0.6) is 5.88 Å². The van der Waals surface area contributed by atoms with Crippen LogP contribution in [-0.4, -0.2) is 33.7 Å². The number of nitrogens with zero attached hydrogens (tertiary/aromatic N) is 2. The topological polar surface area (TPSA) is 84.3 Å². The van der Waals surface area contributed by atoms with Crippen LogP contribution < -0.4 is 10.1 Å². The molecule has 2 N–H and O–H groups in total. The minimum absolute atomic E-state index is 0.279. The van der Waals surface area contributed by atoms with Gasteiger partial charge < -0.3 is 15.2 Å². The third kappa shape index (κ3) is 4.57. The van der Waals surface area contributed by atoms with Crippen LogP contribution in [0.1, 0.15) is 27.2 Å². The zero-order chi connectivity index (χ0) is 13.5. The summed E-state index contributed by atoms with van der Waals surface area (Å²) >= 11 is 0. The van der Waals surface area contributed by atoms with E-state index in [0.29, 0.717) is 24.7 Å². The van der Waals surface area contributed by atoms with E-state index in [1.165, 1.54) is 12.4 Å². The second kappa shape index (κ2) is 6.78. The van der Waals surface area contributed by atoms with Crippen molar-refractivity contribution in [3.8, 4) is 5.88 Å². The van der Waals surface area contributed by atoms with Gasteiger partial charge in [-0.15, -0.1) is 0 Å². The van der Waals surface area contributed by atoms with Gasteiger partial charge in [0.15, 0.2) is 0 Å². The van der Waals surface area contributed by atoms with Crippen molar-refractivity contribution in [2.24, 2.45) is 5.92 Å². The molecule has 0 fully saturated rings. The van der Waals surface area contributed by atoms with E-state index in [9.17, 15) is 4.79 Å². The Hall–Kier alpha value is -1.85. The number of carboxylic acids is 1. The Balaban J connectivity index is 2.73. The molecule has 0 amide bonds. The van der Waals surface area contributed by atoms with Crippen LogP contribution in [0.3, 0.4) is 0 Å². The van der Waals surface area contributed by atoms with Crippen molar-refractivity contribution in [1.82, 2.24) is 9.97 Å². The molecule has 0 spiro atoms. The van der Waals surface area contributed by atoms with Gasteiger partial charge in [0.1, 0.15) is 11.9 Å². The van der Waals surface area contributed by atoms with Gasteiger partial charge in [0, 0.05) is 0 Å². The molecule has 0 unspecified atom stereocenters. The van der Waals surface area contributed by atoms with Crippen LogP contribution in [-0.2, 0) is 4.79 Å². The molecule has 6 nitrogen and oxygen atoms in total.